The Kier molecular flexibility index (Phi) is 5.65. The van der Waals surface area contributed by atoms with Crippen molar-refractivity contribution in [1.29, 1.82) is 0 Å². The van der Waals surface area contributed by atoms with Gasteiger partial charge in [0.05, 0.1) is 20.8 Å². The summed E-state index contributed by atoms with van der Waals surface area (Å²) in [4.78, 5) is 13.0. The Morgan fingerprint density at radius 3 is 2.61 bits per heavy atom. The van der Waals surface area contributed by atoms with Crippen molar-refractivity contribution >= 4 is 5.97 Å². The number of hydrogen-bond donors (Lipinski definition) is 0. The van der Waals surface area contributed by atoms with E-state index in [9.17, 15) is 4.79 Å². The molecule has 1 aromatic rings. The second-order valence-electron chi connectivity index (χ2n) is 4.37. The van der Waals surface area contributed by atoms with Gasteiger partial charge in [0, 0.05) is 6.54 Å². The summed E-state index contributed by atoms with van der Waals surface area (Å²) < 4.78 is 9.85. The van der Waals surface area contributed by atoms with E-state index in [2.05, 4.69) is 16.9 Å². The van der Waals surface area contributed by atoms with Crippen molar-refractivity contribution in [3.63, 3.8) is 0 Å². The Hall–Kier alpha value is -1.55. The number of methoxy groups -OCH3 is 2. The van der Waals surface area contributed by atoms with Crippen molar-refractivity contribution < 1.29 is 14.3 Å². The third-order valence-corrected chi connectivity index (χ3v) is 2.87. The second kappa shape index (κ2) is 7.01. The van der Waals surface area contributed by atoms with Crippen LogP contribution in [0.25, 0.3) is 0 Å². The molecule has 100 valence electrons. The van der Waals surface area contributed by atoms with Gasteiger partial charge in [-0.3, -0.25) is 9.69 Å². The van der Waals surface area contributed by atoms with Gasteiger partial charge in [-0.05, 0) is 37.6 Å². The third-order valence-electron chi connectivity index (χ3n) is 2.87. The first-order valence-corrected chi connectivity index (χ1v) is 5.95. The highest BCUT2D eigenvalue weighted by atomic mass is 16.5. The minimum atomic E-state index is -0.205. The molecule has 0 fully saturated rings. The van der Waals surface area contributed by atoms with Crippen LogP contribution in [0.3, 0.4) is 0 Å². The standard InChI is InChI=1S/C14H21NO3/c1-11-9-12(5-6-13(11)17-3)7-8-15(2)10-14(16)18-4/h5-6,9H,7-8,10H2,1-4H3. The SMILES string of the molecule is COC(=O)CN(C)CCc1ccc(OC)c(C)c1. The molecule has 0 heterocycles. The van der Waals surface area contributed by atoms with E-state index < -0.39 is 0 Å². The first kappa shape index (κ1) is 14.5. The number of carbonyl (C=O) groups is 1. The van der Waals surface area contributed by atoms with Gasteiger partial charge in [-0.25, -0.2) is 0 Å². The monoisotopic (exact) mass is 251 g/mol. The topological polar surface area (TPSA) is 38.8 Å². The molecule has 0 spiro atoms. The van der Waals surface area contributed by atoms with Crippen LogP contribution in [0.4, 0.5) is 0 Å². The second-order valence-corrected chi connectivity index (χ2v) is 4.37. The number of esters is 1. The lowest BCUT2D eigenvalue weighted by molar-refractivity contribution is -0.141. The maximum absolute atomic E-state index is 11.1. The molecule has 0 saturated carbocycles. The zero-order valence-electron chi connectivity index (χ0n) is 11.5. The van der Waals surface area contributed by atoms with Gasteiger partial charge in [0.15, 0.2) is 0 Å². The fourth-order valence-electron chi connectivity index (χ4n) is 1.78. The molecule has 0 radical (unpaired) electrons. The van der Waals surface area contributed by atoms with E-state index in [1.54, 1.807) is 7.11 Å². The zero-order valence-corrected chi connectivity index (χ0v) is 11.5. The van der Waals surface area contributed by atoms with Gasteiger partial charge in [0.25, 0.3) is 0 Å². The smallest absolute Gasteiger partial charge is 0.319 e. The Bertz CT molecular complexity index is 404. The molecule has 0 aliphatic heterocycles. The Labute approximate surface area is 108 Å². The average molecular weight is 251 g/mol. The van der Waals surface area contributed by atoms with Crippen LogP contribution in [0.5, 0.6) is 5.75 Å². The van der Waals surface area contributed by atoms with Gasteiger partial charge in [-0.2, -0.15) is 0 Å². The number of rotatable bonds is 6. The van der Waals surface area contributed by atoms with Crippen molar-refractivity contribution in [2.75, 3.05) is 34.4 Å². The van der Waals surface area contributed by atoms with Crippen LogP contribution in [0.2, 0.25) is 0 Å². The number of benzene rings is 1. The summed E-state index contributed by atoms with van der Waals surface area (Å²) in [6, 6.07) is 6.15. The van der Waals surface area contributed by atoms with Crippen LogP contribution < -0.4 is 4.74 Å². The molecule has 1 aromatic carbocycles. The molecule has 0 atom stereocenters. The van der Waals surface area contributed by atoms with Gasteiger partial charge in [0.2, 0.25) is 0 Å². The molecule has 0 N–H and O–H groups in total. The molecule has 0 aliphatic carbocycles. The highest BCUT2D eigenvalue weighted by Crippen LogP contribution is 2.18. The largest absolute Gasteiger partial charge is 0.496 e. The number of hydrogen-bond acceptors (Lipinski definition) is 4. The zero-order chi connectivity index (χ0) is 13.5. The molecule has 0 saturated heterocycles. The average Bonchev–Trinajstić information content (AvgIpc) is 2.36. The van der Waals surface area contributed by atoms with Gasteiger partial charge < -0.3 is 9.47 Å². The highest BCUT2D eigenvalue weighted by molar-refractivity contribution is 5.71. The van der Waals surface area contributed by atoms with Gasteiger partial charge >= 0.3 is 5.97 Å². The van der Waals surface area contributed by atoms with E-state index in [-0.39, 0.29) is 5.97 Å². The van der Waals surface area contributed by atoms with Crippen molar-refractivity contribution in [3.05, 3.63) is 29.3 Å². The lowest BCUT2D eigenvalue weighted by Crippen LogP contribution is -2.28. The first-order valence-electron chi connectivity index (χ1n) is 5.95. The molecule has 4 nitrogen and oxygen atoms in total. The quantitative estimate of drug-likeness (QED) is 0.721. The molecule has 0 aromatic heterocycles. The normalized spacial score (nSPS) is 10.5. The summed E-state index contributed by atoms with van der Waals surface area (Å²) >= 11 is 0. The molecular formula is C14H21NO3. The van der Waals surface area contributed by atoms with Crippen LogP contribution >= 0.6 is 0 Å². The van der Waals surface area contributed by atoms with Crippen molar-refractivity contribution in [3.8, 4) is 5.75 Å². The van der Waals surface area contributed by atoms with E-state index in [0.717, 1.165) is 24.3 Å². The van der Waals surface area contributed by atoms with Gasteiger partial charge in [0.1, 0.15) is 5.75 Å². The van der Waals surface area contributed by atoms with Crippen molar-refractivity contribution in [1.82, 2.24) is 4.90 Å². The van der Waals surface area contributed by atoms with Crippen LogP contribution in [0, 0.1) is 6.92 Å². The Morgan fingerprint density at radius 2 is 2.06 bits per heavy atom. The predicted octanol–water partition coefficient (Wildman–Crippen LogP) is 1.65. The van der Waals surface area contributed by atoms with E-state index in [1.807, 2.05) is 24.9 Å². The summed E-state index contributed by atoms with van der Waals surface area (Å²) in [6.45, 7) is 3.17. The maximum Gasteiger partial charge on any atom is 0.319 e. The molecular weight excluding hydrogens is 230 g/mol. The molecule has 4 heteroatoms. The Balaban J connectivity index is 2.48. The van der Waals surface area contributed by atoms with Gasteiger partial charge in [-0.1, -0.05) is 12.1 Å². The molecule has 0 bridgehead atoms. The lowest BCUT2D eigenvalue weighted by atomic mass is 10.1. The van der Waals surface area contributed by atoms with E-state index >= 15 is 0 Å². The maximum atomic E-state index is 11.1. The number of nitrogens with zero attached hydrogens (tertiary/aromatic N) is 1. The van der Waals surface area contributed by atoms with Crippen LogP contribution in [0.1, 0.15) is 11.1 Å². The minimum Gasteiger partial charge on any atom is -0.496 e. The third kappa shape index (κ3) is 4.37. The fraction of sp³-hybridized carbons (Fsp3) is 0.500. The first-order chi connectivity index (χ1) is 8.56. The van der Waals surface area contributed by atoms with Crippen LogP contribution in [0.15, 0.2) is 18.2 Å². The van der Waals surface area contributed by atoms with E-state index in [0.29, 0.717) is 6.54 Å². The Morgan fingerprint density at radius 1 is 1.33 bits per heavy atom. The number of carbonyl (C=O) groups excluding carboxylic acids is 1. The highest BCUT2D eigenvalue weighted by Gasteiger charge is 2.06. The van der Waals surface area contributed by atoms with Crippen molar-refractivity contribution in [2.24, 2.45) is 0 Å². The fourth-order valence-corrected chi connectivity index (χ4v) is 1.78. The number of ether oxygens (including phenoxy) is 2. The van der Waals surface area contributed by atoms with Crippen LogP contribution in [-0.4, -0.2) is 45.2 Å². The van der Waals surface area contributed by atoms with Crippen molar-refractivity contribution in [2.45, 2.75) is 13.3 Å². The van der Waals surface area contributed by atoms with Gasteiger partial charge in [-0.15, -0.1) is 0 Å². The van der Waals surface area contributed by atoms with E-state index in [1.165, 1.54) is 12.7 Å². The summed E-state index contributed by atoms with van der Waals surface area (Å²) in [5.41, 5.74) is 2.37. The number of likely N-dealkylation sites (N-methyl/N-ethyl adjacent to an activating group) is 1. The summed E-state index contributed by atoms with van der Waals surface area (Å²) in [5.74, 6) is 0.699. The molecule has 0 aliphatic rings. The predicted molar refractivity (Wildman–Crippen MR) is 70.9 cm³/mol. The summed E-state index contributed by atoms with van der Waals surface area (Å²) in [7, 11) is 4.99. The summed E-state index contributed by atoms with van der Waals surface area (Å²) in [6.07, 6.45) is 0.901. The van der Waals surface area contributed by atoms with Crippen LogP contribution in [-0.2, 0) is 16.0 Å². The van der Waals surface area contributed by atoms with E-state index in [4.69, 9.17) is 4.74 Å². The summed E-state index contributed by atoms with van der Waals surface area (Å²) in [5, 5.41) is 0. The molecule has 1 rings (SSSR count). The molecule has 0 unspecified atom stereocenters. The lowest BCUT2D eigenvalue weighted by Gasteiger charge is -2.15. The number of aryl methyl sites for hydroxylation is 1. The minimum absolute atomic E-state index is 0.205. The molecule has 0 amide bonds. The molecule has 18 heavy (non-hydrogen) atoms.